The normalized spacial score (nSPS) is 20.3. The van der Waals surface area contributed by atoms with Crippen LogP contribution in [0.5, 0.6) is 5.75 Å². The van der Waals surface area contributed by atoms with Crippen molar-refractivity contribution in [3.63, 3.8) is 0 Å². The van der Waals surface area contributed by atoms with Crippen molar-refractivity contribution in [2.75, 3.05) is 0 Å². The standard InChI is InChI=1S/C19H19N3O3S/c23-12-8-11(9-12)18(17-6-3-7-26-17)20-19(25)15-10-14(21-22-15)13-4-1-2-5-16(13)24/h1-7,10-12,18,23-24H,8-9H2,(H,20,25)(H,21,22). The molecule has 0 saturated heterocycles. The van der Waals surface area contributed by atoms with Crippen LogP contribution in [0.4, 0.5) is 0 Å². The number of aromatic hydroxyl groups is 1. The first-order valence-corrected chi connectivity index (χ1v) is 9.36. The van der Waals surface area contributed by atoms with Crippen LogP contribution in [0, 0.1) is 5.92 Å². The number of thiophene rings is 1. The number of H-pyrrole nitrogens is 1. The maximum Gasteiger partial charge on any atom is 0.269 e. The Morgan fingerprint density at radius 3 is 2.77 bits per heavy atom. The Balaban J connectivity index is 1.53. The SMILES string of the molecule is O=C(NC(c1cccs1)C1CC(O)C1)c1cc(-c2ccccc2O)n[nH]1. The van der Waals surface area contributed by atoms with E-state index < -0.39 is 0 Å². The van der Waals surface area contributed by atoms with E-state index >= 15 is 0 Å². The van der Waals surface area contributed by atoms with Crippen LogP contribution in [-0.4, -0.2) is 32.4 Å². The summed E-state index contributed by atoms with van der Waals surface area (Å²) in [6, 6.07) is 12.3. The summed E-state index contributed by atoms with van der Waals surface area (Å²) in [4.78, 5) is 13.8. The predicted octanol–water partition coefficient (Wildman–Crippen LogP) is 3.09. The number of para-hydroxylation sites is 1. The number of amides is 1. The summed E-state index contributed by atoms with van der Waals surface area (Å²) in [6.07, 6.45) is 1.10. The minimum Gasteiger partial charge on any atom is -0.507 e. The lowest BCUT2D eigenvalue weighted by Gasteiger charge is -2.37. The van der Waals surface area contributed by atoms with Crippen LogP contribution in [-0.2, 0) is 0 Å². The number of hydrogen-bond donors (Lipinski definition) is 4. The number of carbonyl (C=O) groups excluding carboxylic acids is 1. The maximum absolute atomic E-state index is 12.7. The number of aliphatic hydroxyl groups excluding tert-OH is 1. The maximum atomic E-state index is 12.7. The zero-order chi connectivity index (χ0) is 18.1. The number of aromatic nitrogens is 2. The Morgan fingerprint density at radius 1 is 1.27 bits per heavy atom. The van der Waals surface area contributed by atoms with Crippen molar-refractivity contribution in [2.45, 2.75) is 25.0 Å². The minimum atomic E-state index is -0.279. The molecule has 2 heterocycles. The fourth-order valence-electron chi connectivity index (χ4n) is 3.28. The van der Waals surface area contributed by atoms with Crippen LogP contribution in [0.25, 0.3) is 11.3 Å². The molecule has 0 bridgehead atoms. The van der Waals surface area contributed by atoms with E-state index in [2.05, 4.69) is 15.5 Å². The molecule has 0 radical (unpaired) electrons. The number of benzene rings is 1. The second-order valence-electron chi connectivity index (χ2n) is 6.54. The summed E-state index contributed by atoms with van der Waals surface area (Å²) in [7, 11) is 0. The monoisotopic (exact) mass is 369 g/mol. The van der Waals surface area contributed by atoms with Crippen molar-refractivity contribution in [2.24, 2.45) is 5.92 Å². The first kappa shape index (κ1) is 16.8. The molecule has 0 spiro atoms. The molecule has 7 heteroatoms. The average Bonchev–Trinajstić information content (AvgIpc) is 3.29. The molecule has 1 aliphatic carbocycles. The van der Waals surface area contributed by atoms with Gasteiger partial charge >= 0.3 is 0 Å². The van der Waals surface area contributed by atoms with Gasteiger partial charge in [-0.15, -0.1) is 11.3 Å². The Kier molecular flexibility index (Phi) is 4.48. The number of phenols is 1. The number of nitrogens with zero attached hydrogens (tertiary/aromatic N) is 1. The van der Waals surface area contributed by atoms with Crippen molar-refractivity contribution in [3.05, 3.63) is 58.4 Å². The van der Waals surface area contributed by atoms with E-state index in [1.807, 2.05) is 17.5 Å². The van der Waals surface area contributed by atoms with E-state index in [9.17, 15) is 15.0 Å². The molecule has 1 amide bonds. The molecule has 26 heavy (non-hydrogen) atoms. The molecular weight excluding hydrogens is 350 g/mol. The van der Waals surface area contributed by atoms with Crippen LogP contribution in [0.2, 0.25) is 0 Å². The third-order valence-electron chi connectivity index (χ3n) is 4.76. The molecule has 1 atom stereocenters. The van der Waals surface area contributed by atoms with E-state index in [0.717, 1.165) is 4.88 Å². The highest BCUT2D eigenvalue weighted by atomic mass is 32.1. The van der Waals surface area contributed by atoms with Gasteiger partial charge in [0.2, 0.25) is 0 Å². The van der Waals surface area contributed by atoms with Crippen LogP contribution in [0.3, 0.4) is 0 Å². The molecule has 1 unspecified atom stereocenters. The van der Waals surface area contributed by atoms with E-state index in [0.29, 0.717) is 29.8 Å². The van der Waals surface area contributed by atoms with Gasteiger partial charge in [-0.05, 0) is 48.4 Å². The molecular formula is C19H19N3O3S. The van der Waals surface area contributed by atoms with Gasteiger partial charge in [-0.3, -0.25) is 9.89 Å². The van der Waals surface area contributed by atoms with Crippen LogP contribution in [0.1, 0.15) is 34.2 Å². The van der Waals surface area contributed by atoms with E-state index in [4.69, 9.17) is 0 Å². The molecule has 1 fully saturated rings. The van der Waals surface area contributed by atoms with Crippen molar-refractivity contribution in [1.82, 2.24) is 15.5 Å². The number of rotatable bonds is 5. The van der Waals surface area contributed by atoms with Gasteiger partial charge in [-0.2, -0.15) is 5.10 Å². The number of aliphatic hydroxyl groups is 1. The Bertz CT molecular complexity index is 900. The van der Waals surface area contributed by atoms with Gasteiger partial charge in [-0.25, -0.2) is 0 Å². The second kappa shape index (κ2) is 6.93. The molecule has 4 rings (SSSR count). The number of phenolic OH excluding ortho intramolecular Hbond substituents is 1. The summed E-state index contributed by atoms with van der Waals surface area (Å²) in [6.45, 7) is 0. The van der Waals surface area contributed by atoms with Gasteiger partial charge in [0.15, 0.2) is 0 Å². The molecule has 0 aliphatic heterocycles. The lowest BCUT2D eigenvalue weighted by molar-refractivity contribution is 0.0240. The Labute approximate surface area is 154 Å². The zero-order valence-electron chi connectivity index (χ0n) is 13.9. The van der Waals surface area contributed by atoms with E-state index in [1.54, 1.807) is 41.7 Å². The van der Waals surface area contributed by atoms with Gasteiger partial charge < -0.3 is 15.5 Å². The lowest BCUT2D eigenvalue weighted by atomic mass is 9.76. The predicted molar refractivity (Wildman–Crippen MR) is 98.9 cm³/mol. The summed E-state index contributed by atoms with van der Waals surface area (Å²) in [5.74, 6) is 0.0954. The highest BCUT2D eigenvalue weighted by Crippen LogP contribution is 2.39. The third-order valence-corrected chi connectivity index (χ3v) is 5.72. The fraction of sp³-hybridized carbons (Fsp3) is 0.263. The minimum absolute atomic E-state index is 0.117. The first-order valence-electron chi connectivity index (χ1n) is 8.48. The molecule has 4 N–H and O–H groups in total. The summed E-state index contributed by atoms with van der Waals surface area (Å²) >= 11 is 1.60. The largest absolute Gasteiger partial charge is 0.507 e. The Hall–Kier alpha value is -2.64. The molecule has 134 valence electrons. The van der Waals surface area contributed by atoms with Gasteiger partial charge in [0.05, 0.1) is 17.8 Å². The first-order chi connectivity index (χ1) is 12.6. The summed E-state index contributed by atoms with van der Waals surface area (Å²) < 4.78 is 0. The van der Waals surface area contributed by atoms with Crippen LogP contribution in [0.15, 0.2) is 47.8 Å². The molecule has 6 nitrogen and oxygen atoms in total. The Morgan fingerprint density at radius 2 is 2.08 bits per heavy atom. The fourth-order valence-corrected chi connectivity index (χ4v) is 4.15. The number of carbonyl (C=O) groups is 1. The van der Waals surface area contributed by atoms with Gasteiger partial charge in [0, 0.05) is 10.4 Å². The van der Waals surface area contributed by atoms with Gasteiger partial charge in [0.1, 0.15) is 11.4 Å². The molecule has 1 aromatic carbocycles. The van der Waals surface area contributed by atoms with E-state index in [-0.39, 0.29) is 29.7 Å². The number of nitrogens with one attached hydrogen (secondary N) is 2. The molecule has 2 aromatic heterocycles. The zero-order valence-corrected chi connectivity index (χ0v) is 14.7. The lowest BCUT2D eigenvalue weighted by Crippen LogP contribution is -2.41. The van der Waals surface area contributed by atoms with Crippen LogP contribution < -0.4 is 5.32 Å². The van der Waals surface area contributed by atoms with Crippen molar-refractivity contribution in [3.8, 4) is 17.0 Å². The smallest absolute Gasteiger partial charge is 0.269 e. The van der Waals surface area contributed by atoms with Crippen molar-refractivity contribution >= 4 is 17.2 Å². The topological polar surface area (TPSA) is 98.2 Å². The summed E-state index contributed by atoms with van der Waals surface area (Å²) in [5.41, 5.74) is 1.42. The van der Waals surface area contributed by atoms with E-state index in [1.165, 1.54) is 0 Å². The number of hydrogen-bond acceptors (Lipinski definition) is 5. The highest BCUT2D eigenvalue weighted by Gasteiger charge is 2.36. The molecule has 3 aromatic rings. The molecule has 1 aliphatic rings. The quantitative estimate of drug-likeness (QED) is 0.555. The molecule has 1 saturated carbocycles. The number of aromatic amines is 1. The van der Waals surface area contributed by atoms with Gasteiger partial charge in [0.25, 0.3) is 5.91 Å². The van der Waals surface area contributed by atoms with Crippen LogP contribution >= 0.6 is 11.3 Å². The third kappa shape index (κ3) is 3.23. The van der Waals surface area contributed by atoms with Crippen molar-refractivity contribution in [1.29, 1.82) is 0 Å². The van der Waals surface area contributed by atoms with Gasteiger partial charge in [-0.1, -0.05) is 18.2 Å². The second-order valence-corrected chi connectivity index (χ2v) is 7.52. The van der Waals surface area contributed by atoms with Crippen molar-refractivity contribution < 1.29 is 15.0 Å². The highest BCUT2D eigenvalue weighted by molar-refractivity contribution is 7.10. The average molecular weight is 369 g/mol. The summed E-state index contributed by atoms with van der Waals surface area (Å²) in [5, 5.41) is 31.5.